The zero-order valence-electron chi connectivity index (χ0n) is 20.5. The maximum atomic E-state index is 13.0. The molecule has 7 nitrogen and oxygen atoms in total. The number of aromatic nitrogens is 2. The summed E-state index contributed by atoms with van der Waals surface area (Å²) in [6.45, 7) is 5.12. The molecule has 0 saturated heterocycles. The number of anilines is 1. The van der Waals surface area contributed by atoms with Crippen LogP contribution in [0, 0.1) is 13.8 Å². The van der Waals surface area contributed by atoms with Crippen molar-refractivity contribution in [2.45, 2.75) is 26.8 Å². The van der Waals surface area contributed by atoms with Gasteiger partial charge in [0.25, 0.3) is 5.91 Å². The van der Waals surface area contributed by atoms with Crippen LogP contribution in [0.4, 0.5) is 5.13 Å². The minimum absolute atomic E-state index is 0.334. The topological polar surface area (TPSA) is 74.6 Å². The van der Waals surface area contributed by atoms with Crippen molar-refractivity contribution >= 4 is 22.4 Å². The molecular formula is C27H29N3O4S. The molecule has 4 aromatic rings. The average molecular weight is 492 g/mol. The van der Waals surface area contributed by atoms with Gasteiger partial charge in [0.1, 0.15) is 5.75 Å². The molecule has 0 radical (unpaired) electrons. The summed E-state index contributed by atoms with van der Waals surface area (Å²) in [5.74, 6) is 0.984. The zero-order valence-corrected chi connectivity index (χ0v) is 21.4. The van der Waals surface area contributed by atoms with Gasteiger partial charge in [-0.05, 0) is 31.9 Å². The lowest BCUT2D eigenvalue weighted by atomic mass is 10.1. The first-order valence-corrected chi connectivity index (χ1v) is 12.1. The number of thiazole rings is 1. The third-order valence-corrected chi connectivity index (χ3v) is 6.75. The number of carbonyl (C=O) groups excluding carboxylic acids is 1. The molecule has 0 spiro atoms. The molecule has 35 heavy (non-hydrogen) atoms. The molecule has 0 bridgehead atoms. The van der Waals surface area contributed by atoms with Crippen LogP contribution in [0.2, 0.25) is 0 Å². The number of benzene rings is 2. The van der Waals surface area contributed by atoms with Gasteiger partial charge in [0.2, 0.25) is 0 Å². The molecule has 8 heteroatoms. The maximum absolute atomic E-state index is 13.0. The standard InChI is InChI=1S/C27H29N3O4S/c1-17-13-20(18(2)30(17)12-11-19-9-7-6-8-10-19)22-16-35-27(28-22)29-26(31)21-14-24(33-4)25(34-5)15-23(21)32-3/h6-10,13-16H,11-12H2,1-5H3,(H,28,29,31). The van der Waals surface area contributed by atoms with Crippen LogP contribution in [-0.4, -0.2) is 36.8 Å². The van der Waals surface area contributed by atoms with Crippen molar-refractivity contribution in [1.29, 1.82) is 0 Å². The van der Waals surface area contributed by atoms with Crippen LogP contribution in [0.3, 0.4) is 0 Å². The summed E-state index contributed by atoms with van der Waals surface area (Å²) >= 11 is 1.38. The fourth-order valence-corrected chi connectivity index (χ4v) is 4.82. The van der Waals surface area contributed by atoms with Gasteiger partial charge >= 0.3 is 0 Å². The highest BCUT2D eigenvalue weighted by Gasteiger charge is 2.20. The van der Waals surface area contributed by atoms with E-state index >= 15 is 0 Å². The largest absolute Gasteiger partial charge is 0.496 e. The van der Waals surface area contributed by atoms with Gasteiger partial charge in [-0.1, -0.05) is 30.3 Å². The Morgan fingerprint density at radius 3 is 2.34 bits per heavy atom. The maximum Gasteiger partial charge on any atom is 0.261 e. The number of nitrogens with one attached hydrogen (secondary N) is 1. The molecule has 2 heterocycles. The fraction of sp³-hybridized carbons (Fsp3) is 0.259. The van der Waals surface area contributed by atoms with E-state index in [4.69, 9.17) is 14.2 Å². The number of methoxy groups -OCH3 is 3. The monoisotopic (exact) mass is 491 g/mol. The average Bonchev–Trinajstić information content (AvgIpc) is 3.45. The Balaban J connectivity index is 1.53. The Bertz CT molecular complexity index is 1330. The fourth-order valence-electron chi connectivity index (χ4n) is 4.12. The lowest BCUT2D eigenvalue weighted by molar-refractivity contribution is 0.102. The highest BCUT2D eigenvalue weighted by Crippen LogP contribution is 2.35. The van der Waals surface area contributed by atoms with Gasteiger partial charge in [-0.15, -0.1) is 11.3 Å². The minimum atomic E-state index is -0.336. The van der Waals surface area contributed by atoms with Crippen molar-refractivity contribution in [2.24, 2.45) is 0 Å². The summed E-state index contributed by atoms with van der Waals surface area (Å²) in [5.41, 5.74) is 5.89. The van der Waals surface area contributed by atoms with Crippen LogP contribution < -0.4 is 19.5 Å². The number of ether oxygens (including phenoxy) is 3. The molecule has 0 aliphatic heterocycles. The Morgan fingerprint density at radius 1 is 0.971 bits per heavy atom. The van der Waals surface area contributed by atoms with Crippen LogP contribution in [-0.2, 0) is 13.0 Å². The van der Waals surface area contributed by atoms with Crippen LogP contribution in [0.1, 0.15) is 27.3 Å². The third-order valence-electron chi connectivity index (χ3n) is 5.99. The molecule has 1 N–H and O–H groups in total. The number of hydrogen-bond acceptors (Lipinski definition) is 6. The second-order valence-electron chi connectivity index (χ2n) is 8.07. The lowest BCUT2D eigenvalue weighted by Crippen LogP contribution is -2.13. The molecule has 182 valence electrons. The van der Waals surface area contributed by atoms with E-state index < -0.39 is 0 Å². The molecule has 0 aliphatic carbocycles. The third kappa shape index (κ3) is 5.17. The lowest BCUT2D eigenvalue weighted by Gasteiger charge is -2.13. The zero-order chi connectivity index (χ0) is 24.9. The summed E-state index contributed by atoms with van der Waals surface area (Å²) in [4.78, 5) is 17.7. The summed E-state index contributed by atoms with van der Waals surface area (Å²) in [6, 6.07) is 15.9. The summed E-state index contributed by atoms with van der Waals surface area (Å²) < 4.78 is 18.3. The van der Waals surface area contributed by atoms with E-state index in [1.807, 2.05) is 11.4 Å². The van der Waals surface area contributed by atoms with E-state index in [2.05, 4.69) is 59.0 Å². The highest BCUT2D eigenvalue weighted by atomic mass is 32.1. The minimum Gasteiger partial charge on any atom is -0.496 e. The Hall–Kier alpha value is -3.78. The number of amides is 1. The molecule has 0 unspecified atom stereocenters. The SMILES string of the molecule is COc1cc(OC)c(C(=O)Nc2nc(-c3cc(C)n(CCc4ccccc4)c3C)cs2)cc1OC. The van der Waals surface area contributed by atoms with E-state index in [0.29, 0.717) is 27.9 Å². The van der Waals surface area contributed by atoms with Crippen molar-refractivity contribution in [2.75, 3.05) is 26.6 Å². The first-order chi connectivity index (χ1) is 16.9. The number of aryl methyl sites for hydroxylation is 2. The van der Waals surface area contributed by atoms with Gasteiger partial charge in [0, 0.05) is 41.0 Å². The Morgan fingerprint density at radius 2 is 1.66 bits per heavy atom. The predicted octanol–water partition coefficient (Wildman–Crippen LogP) is 5.75. The molecule has 0 saturated carbocycles. The van der Waals surface area contributed by atoms with Gasteiger partial charge in [0.15, 0.2) is 16.6 Å². The Kier molecular flexibility index (Phi) is 7.41. The van der Waals surface area contributed by atoms with Crippen molar-refractivity contribution in [3.05, 3.63) is 76.4 Å². The van der Waals surface area contributed by atoms with E-state index in [-0.39, 0.29) is 5.91 Å². The van der Waals surface area contributed by atoms with Crippen LogP contribution >= 0.6 is 11.3 Å². The summed E-state index contributed by atoms with van der Waals surface area (Å²) in [6.07, 6.45) is 0.960. The molecule has 4 rings (SSSR count). The summed E-state index contributed by atoms with van der Waals surface area (Å²) in [7, 11) is 4.56. The van der Waals surface area contributed by atoms with E-state index in [1.165, 1.54) is 43.9 Å². The van der Waals surface area contributed by atoms with E-state index in [1.54, 1.807) is 12.1 Å². The van der Waals surface area contributed by atoms with Crippen molar-refractivity contribution in [3.63, 3.8) is 0 Å². The van der Waals surface area contributed by atoms with Gasteiger partial charge in [-0.25, -0.2) is 4.98 Å². The molecule has 2 aromatic carbocycles. The number of hydrogen-bond donors (Lipinski definition) is 1. The van der Waals surface area contributed by atoms with Gasteiger partial charge in [-0.3, -0.25) is 10.1 Å². The van der Waals surface area contributed by atoms with Crippen molar-refractivity contribution in [3.8, 4) is 28.5 Å². The van der Waals surface area contributed by atoms with Crippen molar-refractivity contribution in [1.82, 2.24) is 9.55 Å². The van der Waals surface area contributed by atoms with E-state index in [0.717, 1.165) is 29.9 Å². The van der Waals surface area contributed by atoms with Crippen molar-refractivity contribution < 1.29 is 19.0 Å². The predicted molar refractivity (Wildman–Crippen MR) is 139 cm³/mol. The van der Waals surface area contributed by atoms with Crippen LogP contribution in [0.25, 0.3) is 11.3 Å². The number of carbonyl (C=O) groups is 1. The molecule has 0 aliphatic rings. The smallest absolute Gasteiger partial charge is 0.261 e. The highest BCUT2D eigenvalue weighted by molar-refractivity contribution is 7.14. The first-order valence-electron chi connectivity index (χ1n) is 11.2. The van der Waals surface area contributed by atoms with Gasteiger partial charge in [0.05, 0.1) is 32.6 Å². The normalized spacial score (nSPS) is 10.8. The van der Waals surface area contributed by atoms with E-state index in [9.17, 15) is 4.79 Å². The summed E-state index contributed by atoms with van der Waals surface area (Å²) in [5, 5.41) is 5.36. The second-order valence-corrected chi connectivity index (χ2v) is 8.93. The molecule has 0 fully saturated rings. The van der Waals surface area contributed by atoms with Gasteiger partial charge < -0.3 is 18.8 Å². The molecule has 2 aromatic heterocycles. The molecule has 0 atom stereocenters. The van der Waals surface area contributed by atoms with Crippen LogP contribution in [0.15, 0.2) is 53.9 Å². The molecular weight excluding hydrogens is 462 g/mol. The first kappa shape index (κ1) is 24.3. The second kappa shape index (κ2) is 10.7. The quantitative estimate of drug-likeness (QED) is 0.323. The molecule has 1 amide bonds. The van der Waals surface area contributed by atoms with Gasteiger partial charge in [-0.2, -0.15) is 0 Å². The number of rotatable bonds is 9. The number of nitrogens with zero attached hydrogens (tertiary/aromatic N) is 2. The Labute approximate surface area is 209 Å². The van der Waals surface area contributed by atoms with Crippen LogP contribution in [0.5, 0.6) is 17.2 Å².